The summed E-state index contributed by atoms with van der Waals surface area (Å²) in [7, 11) is 1.89. The summed E-state index contributed by atoms with van der Waals surface area (Å²) in [6.07, 6.45) is 0.246. The number of rotatable bonds is 6. The topological polar surface area (TPSA) is 64.3 Å². The van der Waals surface area contributed by atoms with E-state index in [9.17, 15) is 4.79 Å². The first-order valence-corrected chi connectivity index (χ1v) is 4.87. The lowest BCUT2D eigenvalue weighted by atomic mass is 10.2. The van der Waals surface area contributed by atoms with Crippen molar-refractivity contribution in [3.63, 3.8) is 0 Å². The maximum absolute atomic E-state index is 10.5. The zero-order valence-electron chi connectivity index (χ0n) is 8.82. The summed E-state index contributed by atoms with van der Waals surface area (Å²) in [6, 6.07) is 7.74. The zero-order chi connectivity index (χ0) is 11.1. The SMILES string of the molecule is CNCc1cccc(OCCC(N)=O)c1. The van der Waals surface area contributed by atoms with E-state index >= 15 is 0 Å². The van der Waals surface area contributed by atoms with Crippen molar-refractivity contribution in [2.45, 2.75) is 13.0 Å². The van der Waals surface area contributed by atoms with Gasteiger partial charge < -0.3 is 15.8 Å². The van der Waals surface area contributed by atoms with E-state index in [4.69, 9.17) is 10.5 Å². The highest BCUT2D eigenvalue weighted by Gasteiger charge is 1.98. The minimum Gasteiger partial charge on any atom is -0.493 e. The van der Waals surface area contributed by atoms with Crippen molar-refractivity contribution in [3.8, 4) is 5.75 Å². The highest BCUT2D eigenvalue weighted by atomic mass is 16.5. The van der Waals surface area contributed by atoms with E-state index in [1.807, 2.05) is 31.3 Å². The van der Waals surface area contributed by atoms with E-state index in [2.05, 4.69) is 5.32 Å². The second-order valence-electron chi connectivity index (χ2n) is 3.24. The number of benzene rings is 1. The number of hydrogen-bond acceptors (Lipinski definition) is 3. The Morgan fingerprint density at radius 1 is 1.53 bits per heavy atom. The molecule has 0 radical (unpaired) electrons. The molecule has 0 heterocycles. The van der Waals surface area contributed by atoms with Crippen LogP contribution in [0.1, 0.15) is 12.0 Å². The third kappa shape index (κ3) is 4.46. The molecule has 82 valence electrons. The molecule has 1 aromatic carbocycles. The molecule has 0 bridgehead atoms. The van der Waals surface area contributed by atoms with Crippen molar-refractivity contribution in [1.29, 1.82) is 0 Å². The molecular weight excluding hydrogens is 192 g/mol. The molecule has 0 fully saturated rings. The second kappa shape index (κ2) is 6.03. The fourth-order valence-corrected chi connectivity index (χ4v) is 1.22. The standard InChI is InChI=1S/C11H16N2O2/c1-13-8-9-3-2-4-10(7-9)15-6-5-11(12)14/h2-4,7,13H,5-6,8H2,1H3,(H2,12,14). The first-order valence-electron chi connectivity index (χ1n) is 4.87. The van der Waals surface area contributed by atoms with Crippen LogP contribution in [0.2, 0.25) is 0 Å². The molecule has 4 nitrogen and oxygen atoms in total. The van der Waals surface area contributed by atoms with Crippen LogP contribution < -0.4 is 15.8 Å². The van der Waals surface area contributed by atoms with Crippen LogP contribution in [0, 0.1) is 0 Å². The van der Waals surface area contributed by atoms with E-state index < -0.39 is 0 Å². The lowest BCUT2D eigenvalue weighted by Gasteiger charge is -2.06. The average molecular weight is 208 g/mol. The van der Waals surface area contributed by atoms with Crippen LogP contribution in [-0.4, -0.2) is 19.6 Å². The first kappa shape index (κ1) is 11.5. The molecule has 0 aliphatic heterocycles. The molecule has 15 heavy (non-hydrogen) atoms. The Balaban J connectivity index is 2.46. The summed E-state index contributed by atoms with van der Waals surface area (Å²) in [4.78, 5) is 10.5. The number of carbonyl (C=O) groups excluding carboxylic acids is 1. The van der Waals surface area contributed by atoms with Crippen LogP contribution in [-0.2, 0) is 11.3 Å². The van der Waals surface area contributed by atoms with Gasteiger partial charge in [0.1, 0.15) is 5.75 Å². The molecule has 0 spiro atoms. The molecule has 0 atom stereocenters. The summed E-state index contributed by atoms with van der Waals surface area (Å²) >= 11 is 0. The third-order valence-corrected chi connectivity index (χ3v) is 1.90. The molecule has 0 unspecified atom stereocenters. The maximum atomic E-state index is 10.5. The van der Waals surface area contributed by atoms with E-state index in [-0.39, 0.29) is 12.3 Å². The minimum atomic E-state index is -0.346. The molecule has 0 saturated heterocycles. The Morgan fingerprint density at radius 2 is 2.33 bits per heavy atom. The van der Waals surface area contributed by atoms with Gasteiger partial charge in [-0.05, 0) is 24.7 Å². The van der Waals surface area contributed by atoms with E-state index in [0.29, 0.717) is 6.61 Å². The lowest BCUT2D eigenvalue weighted by molar-refractivity contribution is -0.118. The number of nitrogens with one attached hydrogen (secondary N) is 1. The van der Waals surface area contributed by atoms with Gasteiger partial charge in [-0.3, -0.25) is 4.79 Å². The fourth-order valence-electron chi connectivity index (χ4n) is 1.22. The van der Waals surface area contributed by atoms with Crippen LogP contribution in [0.3, 0.4) is 0 Å². The lowest BCUT2D eigenvalue weighted by Crippen LogP contribution is -2.14. The molecular formula is C11H16N2O2. The first-order chi connectivity index (χ1) is 7.22. The Bertz CT molecular complexity index is 326. The van der Waals surface area contributed by atoms with Gasteiger partial charge >= 0.3 is 0 Å². The summed E-state index contributed by atoms with van der Waals surface area (Å²) in [5.74, 6) is 0.422. The van der Waals surface area contributed by atoms with Gasteiger partial charge in [0.05, 0.1) is 13.0 Å². The van der Waals surface area contributed by atoms with Crippen LogP contribution in [0.4, 0.5) is 0 Å². The number of primary amides is 1. The van der Waals surface area contributed by atoms with Crippen molar-refractivity contribution in [2.75, 3.05) is 13.7 Å². The average Bonchev–Trinajstić information content (AvgIpc) is 2.18. The predicted molar refractivity (Wildman–Crippen MR) is 58.5 cm³/mol. The van der Waals surface area contributed by atoms with E-state index in [1.54, 1.807) is 0 Å². The van der Waals surface area contributed by atoms with Gasteiger partial charge in [-0.2, -0.15) is 0 Å². The van der Waals surface area contributed by atoms with E-state index in [1.165, 1.54) is 0 Å². The number of nitrogens with two attached hydrogens (primary N) is 1. The fraction of sp³-hybridized carbons (Fsp3) is 0.364. The predicted octanol–water partition coefficient (Wildman–Crippen LogP) is 0.660. The minimum absolute atomic E-state index is 0.246. The van der Waals surface area contributed by atoms with Crippen molar-refractivity contribution in [3.05, 3.63) is 29.8 Å². The largest absolute Gasteiger partial charge is 0.493 e. The molecule has 0 saturated carbocycles. The molecule has 4 heteroatoms. The van der Waals surface area contributed by atoms with Crippen LogP contribution in [0.15, 0.2) is 24.3 Å². The Labute approximate surface area is 89.4 Å². The normalized spacial score (nSPS) is 9.93. The van der Waals surface area contributed by atoms with E-state index in [0.717, 1.165) is 17.9 Å². The Kier molecular flexibility index (Phi) is 4.63. The summed E-state index contributed by atoms with van der Waals surface area (Å²) < 4.78 is 5.38. The molecule has 3 N–H and O–H groups in total. The molecule has 1 rings (SSSR count). The van der Waals surface area contributed by atoms with Gasteiger partial charge in [-0.25, -0.2) is 0 Å². The summed E-state index contributed by atoms with van der Waals surface area (Å²) in [6.45, 7) is 1.13. The Hall–Kier alpha value is -1.55. The van der Waals surface area contributed by atoms with Gasteiger partial charge in [-0.15, -0.1) is 0 Å². The number of hydrogen-bond donors (Lipinski definition) is 2. The quantitative estimate of drug-likeness (QED) is 0.721. The second-order valence-corrected chi connectivity index (χ2v) is 3.24. The highest BCUT2D eigenvalue weighted by Crippen LogP contribution is 2.13. The number of ether oxygens (including phenoxy) is 1. The van der Waals surface area contributed by atoms with Crippen molar-refractivity contribution < 1.29 is 9.53 Å². The molecule has 1 amide bonds. The number of amides is 1. The third-order valence-electron chi connectivity index (χ3n) is 1.90. The van der Waals surface area contributed by atoms with Crippen molar-refractivity contribution in [2.24, 2.45) is 5.73 Å². The zero-order valence-corrected chi connectivity index (χ0v) is 8.82. The Morgan fingerprint density at radius 3 is 3.00 bits per heavy atom. The number of carbonyl (C=O) groups is 1. The highest BCUT2D eigenvalue weighted by molar-refractivity contribution is 5.73. The molecule has 1 aromatic rings. The van der Waals surface area contributed by atoms with Gasteiger partial charge in [-0.1, -0.05) is 12.1 Å². The van der Waals surface area contributed by atoms with Crippen LogP contribution in [0.5, 0.6) is 5.75 Å². The molecule has 0 aliphatic rings. The van der Waals surface area contributed by atoms with Crippen molar-refractivity contribution >= 4 is 5.91 Å². The smallest absolute Gasteiger partial charge is 0.220 e. The van der Waals surface area contributed by atoms with Gasteiger partial charge in [0.2, 0.25) is 5.91 Å². The van der Waals surface area contributed by atoms with Crippen molar-refractivity contribution in [1.82, 2.24) is 5.32 Å². The van der Waals surface area contributed by atoms with Crippen LogP contribution >= 0.6 is 0 Å². The molecule has 0 aliphatic carbocycles. The maximum Gasteiger partial charge on any atom is 0.220 e. The van der Waals surface area contributed by atoms with Gasteiger partial charge in [0.15, 0.2) is 0 Å². The van der Waals surface area contributed by atoms with Crippen LogP contribution in [0.25, 0.3) is 0 Å². The summed E-state index contributed by atoms with van der Waals surface area (Å²) in [5, 5.41) is 3.06. The monoisotopic (exact) mass is 208 g/mol. The molecule has 0 aromatic heterocycles. The summed E-state index contributed by atoms with van der Waals surface area (Å²) in [5.41, 5.74) is 6.15. The van der Waals surface area contributed by atoms with Gasteiger partial charge in [0, 0.05) is 6.54 Å². The van der Waals surface area contributed by atoms with Gasteiger partial charge in [0.25, 0.3) is 0 Å².